The number of carbonyl (C=O) groups excluding carboxylic acids is 4. The van der Waals surface area contributed by atoms with Crippen LogP contribution in [0.3, 0.4) is 0 Å². The maximum atomic E-state index is 11.3. The Bertz CT molecular complexity index is 593. The van der Waals surface area contributed by atoms with Crippen LogP contribution in [-0.4, -0.2) is 81.1 Å². The van der Waals surface area contributed by atoms with Crippen molar-refractivity contribution in [2.45, 2.75) is 99.8 Å². The van der Waals surface area contributed by atoms with Crippen LogP contribution in [0.4, 0.5) is 0 Å². The van der Waals surface area contributed by atoms with Crippen molar-refractivity contribution in [2.24, 2.45) is 5.92 Å². The van der Waals surface area contributed by atoms with Gasteiger partial charge in [0.1, 0.15) is 5.78 Å². The van der Waals surface area contributed by atoms with Crippen LogP contribution in [0.5, 0.6) is 0 Å². The third-order valence-electron chi connectivity index (χ3n) is 5.12. The summed E-state index contributed by atoms with van der Waals surface area (Å²) in [5, 5.41) is 8.32. The monoisotopic (exact) mass is 577 g/mol. The number of carbonyl (C=O) groups is 4. The van der Waals surface area contributed by atoms with Gasteiger partial charge >= 0.3 is 0 Å². The van der Waals surface area contributed by atoms with Gasteiger partial charge in [0, 0.05) is 38.9 Å². The lowest BCUT2D eigenvalue weighted by atomic mass is 9.95. The number of nitrogens with one attached hydrogen (secondary N) is 3. The molecular weight excluding hydrogens is 518 g/mol. The molecule has 0 aliphatic heterocycles. The average molecular weight is 578 g/mol. The van der Waals surface area contributed by atoms with Gasteiger partial charge in [-0.15, -0.1) is 0 Å². The first kappa shape index (κ1) is 41.8. The molecule has 39 heavy (non-hydrogen) atoms. The van der Waals surface area contributed by atoms with E-state index in [9.17, 15) is 19.2 Å². The molecule has 0 heterocycles. The lowest BCUT2D eigenvalue weighted by Crippen LogP contribution is -2.27. The van der Waals surface area contributed by atoms with Crippen LogP contribution in [0.2, 0.25) is 0 Å². The summed E-state index contributed by atoms with van der Waals surface area (Å²) in [6, 6.07) is 0. The molecule has 3 amide bonds. The number of rotatable bonds is 22. The zero-order valence-electron chi connectivity index (χ0n) is 26.0. The number of unbranched alkanes of at least 4 members (excludes halogenated alkanes) is 2. The summed E-state index contributed by atoms with van der Waals surface area (Å²) in [6.07, 6.45) is 7.64. The predicted molar refractivity (Wildman–Crippen MR) is 163 cm³/mol. The van der Waals surface area contributed by atoms with Crippen LogP contribution in [0.15, 0.2) is 0 Å². The Labute approximate surface area is 243 Å². The second kappa shape index (κ2) is 34.4. The molecule has 232 valence electrons. The Kier molecular flexibility index (Phi) is 36.9. The number of hydrogen-bond acceptors (Lipinski definition) is 7. The fraction of sp³-hybridized carbons (Fsp3) is 0.862. The highest BCUT2D eigenvalue weighted by Gasteiger charge is 2.10. The molecule has 1 unspecified atom stereocenters. The van der Waals surface area contributed by atoms with Crippen molar-refractivity contribution < 1.29 is 28.7 Å². The van der Waals surface area contributed by atoms with Crippen LogP contribution < -0.4 is 16.0 Å². The molecule has 9 nitrogen and oxygen atoms in total. The number of hydrogen-bond donors (Lipinski definition) is 3. The number of thioether (sulfide) groups is 1. The highest BCUT2D eigenvalue weighted by molar-refractivity contribution is 7.99. The van der Waals surface area contributed by atoms with E-state index in [0.29, 0.717) is 51.7 Å². The van der Waals surface area contributed by atoms with Gasteiger partial charge in [-0.1, -0.05) is 53.9 Å². The number of ether oxygens (including phenoxy) is 2. The summed E-state index contributed by atoms with van der Waals surface area (Å²) in [7, 11) is 0. The largest absolute Gasteiger partial charge is 0.377 e. The topological polar surface area (TPSA) is 123 Å². The van der Waals surface area contributed by atoms with E-state index in [0.717, 1.165) is 50.8 Å². The van der Waals surface area contributed by atoms with Crippen molar-refractivity contribution in [1.29, 1.82) is 0 Å². The molecule has 0 fully saturated rings. The lowest BCUT2D eigenvalue weighted by Gasteiger charge is -2.10. The third-order valence-corrected chi connectivity index (χ3v) is 6.00. The van der Waals surface area contributed by atoms with Gasteiger partial charge in [0.2, 0.25) is 17.7 Å². The van der Waals surface area contributed by atoms with Gasteiger partial charge < -0.3 is 25.4 Å². The average Bonchev–Trinajstić information content (AvgIpc) is 2.89. The molecule has 0 spiro atoms. The maximum Gasteiger partial charge on any atom is 0.229 e. The van der Waals surface area contributed by atoms with Crippen LogP contribution in [0.1, 0.15) is 99.8 Å². The molecule has 0 aromatic heterocycles. The highest BCUT2D eigenvalue weighted by atomic mass is 32.2. The standard InChI is InChI=1S/C13H26N2O4.C13H25NO2S.C3H8/c1-3-4-5-13(17)15-7-9-19-11-10-18-8-6-14-12(2)16;1-4-12(11(3)15)8-6-7-9-14-13(16)10-17-5-2;1-3-2/h3-11H2,1-2H3,(H,14,16)(H,15,17);12H,4-10H2,1-3H3,(H,14,16);3H2,1-2H3. The van der Waals surface area contributed by atoms with E-state index in [2.05, 4.69) is 43.6 Å². The second-order valence-electron chi connectivity index (χ2n) is 9.07. The molecule has 0 rings (SSSR count). The molecular formula is C29H59N3O6S. The summed E-state index contributed by atoms with van der Waals surface area (Å²) in [4.78, 5) is 44.3. The molecule has 3 N–H and O–H groups in total. The van der Waals surface area contributed by atoms with Gasteiger partial charge in [0.05, 0.1) is 32.2 Å². The predicted octanol–water partition coefficient (Wildman–Crippen LogP) is 4.52. The first-order valence-electron chi connectivity index (χ1n) is 14.7. The van der Waals surface area contributed by atoms with Gasteiger partial charge in [0.15, 0.2) is 0 Å². The molecule has 1 atom stereocenters. The fourth-order valence-electron chi connectivity index (χ4n) is 2.99. The fourth-order valence-corrected chi connectivity index (χ4v) is 3.49. The molecule has 0 aliphatic carbocycles. The van der Waals surface area contributed by atoms with E-state index in [1.807, 2.05) is 6.92 Å². The van der Waals surface area contributed by atoms with Crippen molar-refractivity contribution in [3.05, 3.63) is 0 Å². The van der Waals surface area contributed by atoms with E-state index in [4.69, 9.17) is 9.47 Å². The van der Waals surface area contributed by atoms with Gasteiger partial charge in [-0.25, -0.2) is 0 Å². The van der Waals surface area contributed by atoms with Crippen molar-refractivity contribution in [3.63, 3.8) is 0 Å². The van der Waals surface area contributed by atoms with Crippen LogP contribution in [0.25, 0.3) is 0 Å². The molecule has 0 aromatic carbocycles. The third kappa shape index (κ3) is 38.6. The molecule has 0 radical (unpaired) electrons. The van der Waals surface area contributed by atoms with Gasteiger partial charge in [-0.05, 0) is 38.4 Å². The van der Waals surface area contributed by atoms with Crippen LogP contribution in [0, 0.1) is 5.92 Å². The molecule has 0 aromatic rings. The van der Waals surface area contributed by atoms with E-state index < -0.39 is 0 Å². The number of Topliss-reactive ketones (excluding diaryl/α,β-unsaturated/α-hetero) is 1. The molecule has 10 heteroatoms. The zero-order chi connectivity index (χ0) is 30.2. The molecule has 0 bridgehead atoms. The zero-order valence-corrected chi connectivity index (χ0v) is 26.8. The second-order valence-corrected chi connectivity index (χ2v) is 10.3. The molecule has 0 aliphatic rings. The van der Waals surface area contributed by atoms with E-state index in [-0.39, 0.29) is 29.4 Å². The summed E-state index contributed by atoms with van der Waals surface area (Å²) in [5.74, 6) is 2.18. The first-order chi connectivity index (χ1) is 18.7. The van der Waals surface area contributed by atoms with Crippen molar-refractivity contribution in [1.82, 2.24) is 16.0 Å². The van der Waals surface area contributed by atoms with Gasteiger partial charge in [0.25, 0.3) is 0 Å². The Morgan fingerprint density at radius 1 is 0.718 bits per heavy atom. The Balaban J connectivity index is -0.000000606. The molecule has 0 saturated carbocycles. The van der Waals surface area contributed by atoms with Gasteiger partial charge in [-0.2, -0.15) is 11.8 Å². The maximum absolute atomic E-state index is 11.3. The summed E-state index contributed by atoms with van der Waals surface area (Å²) >= 11 is 1.64. The minimum atomic E-state index is -0.0568. The van der Waals surface area contributed by atoms with Crippen LogP contribution in [-0.2, 0) is 28.7 Å². The quantitative estimate of drug-likeness (QED) is 0.162. The number of ketones is 1. The van der Waals surface area contributed by atoms with Crippen molar-refractivity contribution in [2.75, 3.05) is 57.6 Å². The lowest BCUT2D eigenvalue weighted by molar-refractivity contribution is -0.122. The van der Waals surface area contributed by atoms with E-state index in [1.165, 1.54) is 13.3 Å². The van der Waals surface area contributed by atoms with Crippen LogP contribution >= 0.6 is 11.8 Å². The summed E-state index contributed by atoms with van der Waals surface area (Å²) < 4.78 is 10.5. The molecule has 0 saturated heterocycles. The minimum absolute atomic E-state index is 0.0568. The SMILES string of the molecule is CCC.CCCCC(=O)NCCOCCOCCNC(C)=O.CCSCC(=O)NCCCCC(CC)C(C)=O. The Hall–Kier alpha value is -1.65. The smallest absolute Gasteiger partial charge is 0.229 e. The summed E-state index contributed by atoms with van der Waals surface area (Å²) in [5.41, 5.74) is 0. The van der Waals surface area contributed by atoms with E-state index >= 15 is 0 Å². The minimum Gasteiger partial charge on any atom is -0.377 e. The summed E-state index contributed by atoms with van der Waals surface area (Å²) in [6.45, 7) is 17.3. The highest BCUT2D eigenvalue weighted by Crippen LogP contribution is 2.13. The Morgan fingerprint density at radius 3 is 1.77 bits per heavy atom. The first-order valence-corrected chi connectivity index (χ1v) is 15.9. The van der Waals surface area contributed by atoms with E-state index in [1.54, 1.807) is 18.7 Å². The normalized spacial score (nSPS) is 10.7. The Morgan fingerprint density at radius 2 is 1.28 bits per heavy atom. The van der Waals surface area contributed by atoms with Crippen molar-refractivity contribution in [3.8, 4) is 0 Å². The van der Waals surface area contributed by atoms with Crippen molar-refractivity contribution >= 4 is 35.3 Å². The number of amides is 3. The van der Waals surface area contributed by atoms with Gasteiger partial charge in [-0.3, -0.25) is 19.2 Å².